The molecule has 3 rings (SSSR count). The van der Waals surface area contributed by atoms with Crippen molar-refractivity contribution in [3.05, 3.63) is 67.2 Å². The molecule has 7 heteroatoms. The van der Waals surface area contributed by atoms with Crippen LogP contribution in [0.15, 0.2) is 34.8 Å². The maximum absolute atomic E-state index is 12.5. The minimum atomic E-state index is -0.669. The van der Waals surface area contributed by atoms with Crippen LogP contribution < -0.4 is 5.73 Å². The van der Waals surface area contributed by atoms with Crippen LogP contribution >= 0.6 is 15.9 Å². The van der Waals surface area contributed by atoms with Gasteiger partial charge in [-0.1, -0.05) is 6.07 Å². The first-order valence-electron chi connectivity index (χ1n) is 5.88. The van der Waals surface area contributed by atoms with Gasteiger partial charge < -0.3 is 5.73 Å². The average molecular weight is 347 g/mol. The largest absolute Gasteiger partial charge is 0.397 e. The summed E-state index contributed by atoms with van der Waals surface area (Å²) in [5, 5.41) is 11.1. The third-order valence-electron chi connectivity index (χ3n) is 3.37. The third-order valence-corrected chi connectivity index (χ3v) is 4.07. The van der Waals surface area contributed by atoms with E-state index in [9.17, 15) is 19.7 Å². The van der Waals surface area contributed by atoms with Gasteiger partial charge in [0.2, 0.25) is 5.78 Å². The van der Waals surface area contributed by atoms with Crippen molar-refractivity contribution in [1.29, 1.82) is 0 Å². The second-order valence-electron chi connectivity index (χ2n) is 4.50. The molecule has 0 unspecified atom stereocenters. The lowest BCUT2D eigenvalue weighted by Gasteiger charge is -2.19. The number of carbonyl (C=O) groups excluding carboxylic acids is 2. The van der Waals surface area contributed by atoms with Crippen LogP contribution in [0.25, 0.3) is 0 Å². The highest BCUT2D eigenvalue weighted by molar-refractivity contribution is 9.10. The zero-order chi connectivity index (χ0) is 15.3. The van der Waals surface area contributed by atoms with Crippen LogP contribution in [0.4, 0.5) is 11.4 Å². The summed E-state index contributed by atoms with van der Waals surface area (Å²) < 4.78 is 0.497. The van der Waals surface area contributed by atoms with E-state index >= 15 is 0 Å². The summed E-state index contributed by atoms with van der Waals surface area (Å²) in [4.78, 5) is 35.4. The monoisotopic (exact) mass is 346 g/mol. The van der Waals surface area contributed by atoms with Crippen molar-refractivity contribution in [2.75, 3.05) is 5.73 Å². The standard InChI is InChI=1S/C14H7BrN2O4/c15-8-5-4-7-11(12(8)16)14(19)6-2-1-3-9(17(20)21)10(6)13(7)18/h1-5H,16H2. The van der Waals surface area contributed by atoms with E-state index in [-0.39, 0.29) is 33.6 Å². The van der Waals surface area contributed by atoms with Gasteiger partial charge in [0.05, 0.1) is 16.2 Å². The summed E-state index contributed by atoms with van der Waals surface area (Å²) in [5.41, 5.74) is 5.63. The highest BCUT2D eigenvalue weighted by Crippen LogP contribution is 2.37. The van der Waals surface area contributed by atoms with E-state index < -0.39 is 16.5 Å². The molecule has 0 bridgehead atoms. The van der Waals surface area contributed by atoms with E-state index in [4.69, 9.17) is 5.73 Å². The van der Waals surface area contributed by atoms with Gasteiger partial charge in [0.15, 0.2) is 5.78 Å². The first-order chi connectivity index (χ1) is 9.93. The normalized spacial score (nSPS) is 12.8. The predicted octanol–water partition coefficient (Wildman–Crippen LogP) is 2.71. The quantitative estimate of drug-likeness (QED) is 0.414. The van der Waals surface area contributed by atoms with E-state index in [1.165, 1.54) is 24.3 Å². The van der Waals surface area contributed by atoms with Gasteiger partial charge in [-0.3, -0.25) is 19.7 Å². The van der Waals surface area contributed by atoms with Gasteiger partial charge in [-0.25, -0.2) is 0 Å². The van der Waals surface area contributed by atoms with Gasteiger partial charge in [0.25, 0.3) is 5.69 Å². The van der Waals surface area contributed by atoms with Crippen LogP contribution in [0.3, 0.4) is 0 Å². The summed E-state index contributed by atoms with van der Waals surface area (Å²) in [6.07, 6.45) is 0. The number of hydrogen-bond donors (Lipinski definition) is 1. The van der Waals surface area contributed by atoms with Crippen LogP contribution in [0.2, 0.25) is 0 Å². The Kier molecular flexibility index (Phi) is 2.87. The Morgan fingerprint density at radius 3 is 2.29 bits per heavy atom. The number of nitro groups is 1. The first-order valence-corrected chi connectivity index (χ1v) is 6.67. The Hall–Kier alpha value is -2.54. The molecular formula is C14H7BrN2O4. The molecule has 0 heterocycles. The number of nitrogens with two attached hydrogens (primary N) is 1. The Balaban J connectivity index is 2.38. The number of fused-ring (bicyclic) bond motifs is 2. The second kappa shape index (κ2) is 4.49. The molecule has 0 saturated carbocycles. The molecule has 2 aromatic carbocycles. The minimum absolute atomic E-state index is 0.00602. The molecule has 2 N–H and O–H groups in total. The zero-order valence-corrected chi connectivity index (χ0v) is 12.0. The van der Waals surface area contributed by atoms with Crippen molar-refractivity contribution in [3.8, 4) is 0 Å². The summed E-state index contributed by atoms with van der Waals surface area (Å²) in [7, 11) is 0. The molecule has 0 radical (unpaired) electrons. The van der Waals surface area contributed by atoms with Crippen LogP contribution in [0, 0.1) is 10.1 Å². The smallest absolute Gasteiger partial charge is 0.281 e. The predicted molar refractivity (Wildman–Crippen MR) is 78.5 cm³/mol. The molecule has 0 spiro atoms. The lowest BCUT2D eigenvalue weighted by Crippen LogP contribution is -2.23. The molecule has 2 aromatic rings. The van der Waals surface area contributed by atoms with Crippen molar-refractivity contribution >= 4 is 38.9 Å². The van der Waals surface area contributed by atoms with Gasteiger partial charge in [0, 0.05) is 21.7 Å². The number of anilines is 1. The second-order valence-corrected chi connectivity index (χ2v) is 5.35. The molecule has 0 aromatic heterocycles. The summed E-state index contributed by atoms with van der Waals surface area (Å²) in [5.74, 6) is -1.05. The van der Waals surface area contributed by atoms with Gasteiger partial charge in [-0.15, -0.1) is 0 Å². The highest BCUT2D eigenvalue weighted by atomic mass is 79.9. The number of hydrogen-bond acceptors (Lipinski definition) is 5. The Labute approximate surface area is 126 Å². The van der Waals surface area contributed by atoms with E-state index in [1.807, 2.05) is 0 Å². The summed E-state index contributed by atoms with van der Waals surface area (Å²) in [6, 6.07) is 6.96. The molecular weight excluding hydrogens is 340 g/mol. The topological polar surface area (TPSA) is 103 Å². The van der Waals surface area contributed by atoms with E-state index in [0.717, 1.165) is 0 Å². The van der Waals surface area contributed by atoms with E-state index in [0.29, 0.717) is 4.47 Å². The third kappa shape index (κ3) is 1.78. The lowest BCUT2D eigenvalue weighted by atomic mass is 9.82. The molecule has 0 fully saturated rings. The fourth-order valence-electron chi connectivity index (χ4n) is 2.42. The van der Waals surface area contributed by atoms with Crippen molar-refractivity contribution in [1.82, 2.24) is 0 Å². The molecule has 0 atom stereocenters. The Morgan fingerprint density at radius 1 is 1.00 bits per heavy atom. The maximum Gasteiger partial charge on any atom is 0.281 e. The van der Waals surface area contributed by atoms with Crippen molar-refractivity contribution in [2.45, 2.75) is 0 Å². The first kappa shape index (κ1) is 13.4. The maximum atomic E-state index is 12.5. The lowest BCUT2D eigenvalue weighted by molar-refractivity contribution is -0.385. The molecule has 0 saturated heterocycles. The minimum Gasteiger partial charge on any atom is -0.397 e. The molecule has 104 valence electrons. The van der Waals surface area contributed by atoms with Crippen molar-refractivity contribution in [2.24, 2.45) is 0 Å². The highest BCUT2D eigenvalue weighted by Gasteiger charge is 2.36. The van der Waals surface area contributed by atoms with Crippen LogP contribution in [-0.2, 0) is 0 Å². The van der Waals surface area contributed by atoms with Crippen LogP contribution in [-0.4, -0.2) is 16.5 Å². The number of carbonyl (C=O) groups is 2. The SMILES string of the molecule is Nc1c(Br)ccc2c1C(=O)c1cccc([N+](=O)[O-])c1C2=O. The molecule has 21 heavy (non-hydrogen) atoms. The number of nitrogens with zero attached hydrogens (tertiary/aromatic N) is 1. The number of ketones is 2. The fourth-order valence-corrected chi connectivity index (χ4v) is 2.75. The summed E-state index contributed by atoms with van der Waals surface area (Å²) in [6.45, 7) is 0. The average Bonchev–Trinajstić information content (AvgIpc) is 2.46. The van der Waals surface area contributed by atoms with Gasteiger partial charge in [-0.2, -0.15) is 0 Å². The number of benzene rings is 2. The van der Waals surface area contributed by atoms with Crippen molar-refractivity contribution < 1.29 is 14.5 Å². The molecule has 1 aliphatic rings. The van der Waals surface area contributed by atoms with E-state index in [2.05, 4.69) is 15.9 Å². The number of halogens is 1. The van der Waals surface area contributed by atoms with E-state index in [1.54, 1.807) is 6.07 Å². The number of nitro benzene ring substituents is 1. The van der Waals surface area contributed by atoms with Crippen molar-refractivity contribution in [3.63, 3.8) is 0 Å². The Bertz CT molecular complexity index is 845. The fraction of sp³-hybridized carbons (Fsp3) is 0. The van der Waals surface area contributed by atoms with Gasteiger partial charge in [0.1, 0.15) is 5.56 Å². The molecule has 6 nitrogen and oxygen atoms in total. The molecule has 1 aliphatic carbocycles. The molecule has 0 amide bonds. The zero-order valence-electron chi connectivity index (χ0n) is 10.4. The van der Waals surface area contributed by atoms with Gasteiger partial charge in [-0.05, 0) is 34.1 Å². The summed E-state index contributed by atoms with van der Waals surface area (Å²) >= 11 is 3.20. The number of nitrogen functional groups attached to an aromatic ring is 1. The van der Waals surface area contributed by atoms with Crippen LogP contribution in [0.5, 0.6) is 0 Å². The van der Waals surface area contributed by atoms with Crippen LogP contribution in [0.1, 0.15) is 31.8 Å². The Morgan fingerprint density at radius 2 is 1.62 bits per heavy atom. The molecule has 0 aliphatic heterocycles. The van der Waals surface area contributed by atoms with Gasteiger partial charge >= 0.3 is 0 Å². The number of rotatable bonds is 1.